The molecule has 3 N–H and O–H groups in total. The van der Waals surface area contributed by atoms with Gasteiger partial charge in [-0.05, 0) is 89.9 Å². The fourth-order valence-electron chi connectivity index (χ4n) is 11.1. The first kappa shape index (κ1) is 77.8. The van der Waals surface area contributed by atoms with Crippen molar-refractivity contribution < 1.29 is 24.5 Å². The molecule has 0 radical (unpaired) electrons. The molecule has 2 unspecified atom stereocenters. The molecule has 0 heterocycles. The van der Waals surface area contributed by atoms with Crippen LogP contribution in [0.2, 0.25) is 0 Å². The fourth-order valence-corrected chi connectivity index (χ4v) is 11.1. The molecule has 0 rings (SSSR count). The van der Waals surface area contributed by atoms with Crippen molar-refractivity contribution in [2.75, 3.05) is 13.2 Å². The summed E-state index contributed by atoms with van der Waals surface area (Å²) < 4.78 is 5.48. The van der Waals surface area contributed by atoms with Gasteiger partial charge in [0.15, 0.2) is 0 Å². The van der Waals surface area contributed by atoms with E-state index in [1.807, 2.05) is 0 Å². The first-order chi connectivity index (χ1) is 39.5. The van der Waals surface area contributed by atoms with Crippen molar-refractivity contribution in [3.8, 4) is 0 Å². The molecule has 0 bridgehead atoms. The number of esters is 1. The molecule has 0 spiro atoms. The zero-order chi connectivity index (χ0) is 57.8. The summed E-state index contributed by atoms with van der Waals surface area (Å²) in [6.45, 7) is 4.95. The molecule has 0 aromatic carbocycles. The lowest BCUT2D eigenvalue weighted by Gasteiger charge is -2.22. The molecule has 2 atom stereocenters. The normalized spacial score (nSPS) is 12.8. The van der Waals surface area contributed by atoms with Crippen LogP contribution < -0.4 is 5.32 Å². The predicted octanol–water partition coefficient (Wildman–Crippen LogP) is 23.3. The number of ether oxygens (including phenoxy) is 1. The maximum atomic E-state index is 12.5. The van der Waals surface area contributed by atoms with E-state index in [1.54, 1.807) is 0 Å². The Morgan fingerprint density at radius 1 is 0.350 bits per heavy atom. The van der Waals surface area contributed by atoms with Gasteiger partial charge < -0.3 is 20.3 Å². The van der Waals surface area contributed by atoms with Gasteiger partial charge in [0.05, 0.1) is 25.4 Å². The molecule has 0 aromatic heterocycles. The Balaban J connectivity index is 3.44. The molecule has 0 aliphatic carbocycles. The molecule has 470 valence electrons. The number of amides is 1. The minimum Gasteiger partial charge on any atom is -0.466 e. The summed E-state index contributed by atoms with van der Waals surface area (Å²) >= 11 is 0. The third-order valence-electron chi connectivity index (χ3n) is 16.6. The third-order valence-corrected chi connectivity index (χ3v) is 16.6. The summed E-state index contributed by atoms with van der Waals surface area (Å²) in [5, 5.41) is 23.4. The number of hydrogen-bond acceptors (Lipinski definition) is 5. The van der Waals surface area contributed by atoms with E-state index in [4.69, 9.17) is 4.74 Å². The summed E-state index contributed by atoms with van der Waals surface area (Å²) in [5.41, 5.74) is 0. The van der Waals surface area contributed by atoms with Crippen molar-refractivity contribution in [1.82, 2.24) is 5.32 Å². The zero-order valence-corrected chi connectivity index (χ0v) is 53.8. The Kier molecular flexibility index (Phi) is 67.4. The molecular weight excluding hydrogens is 983 g/mol. The van der Waals surface area contributed by atoms with Crippen LogP contribution in [0.25, 0.3) is 0 Å². The zero-order valence-electron chi connectivity index (χ0n) is 53.8. The topological polar surface area (TPSA) is 95.9 Å². The lowest BCUT2D eigenvalue weighted by atomic mass is 10.0. The van der Waals surface area contributed by atoms with E-state index < -0.39 is 12.1 Å². The van der Waals surface area contributed by atoms with Gasteiger partial charge in [-0.1, -0.05) is 332 Å². The average molecular weight is 1120 g/mol. The monoisotopic (exact) mass is 1120 g/mol. The number of nitrogens with one attached hydrogen (secondary N) is 1. The highest BCUT2D eigenvalue weighted by molar-refractivity contribution is 5.76. The number of aliphatic hydroxyl groups excluding tert-OH is 2. The van der Waals surface area contributed by atoms with Gasteiger partial charge in [-0.3, -0.25) is 9.59 Å². The largest absolute Gasteiger partial charge is 0.466 e. The van der Waals surface area contributed by atoms with Crippen molar-refractivity contribution in [3.63, 3.8) is 0 Å². The molecule has 6 heteroatoms. The highest BCUT2D eigenvalue weighted by atomic mass is 16.5. The summed E-state index contributed by atoms with van der Waals surface area (Å²) in [4.78, 5) is 24.6. The Morgan fingerprint density at radius 2 is 0.625 bits per heavy atom. The first-order valence-corrected chi connectivity index (χ1v) is 35.9. The summed E-state index contributed by atoms with van der Waals surface area (Å²) in [7, 11) is 0. The number of aliphatic hydroxyl groups is 2. The molecule has 80 heavy (non-hydrogen) atoms. The molecular formula is C74H139NO5. The number of carbonyl (C=O) groups is 2. The van der Waals surface area contributed by atoms with Crippen LogP contribution >= 0.6 is 0 Å². The van der Waals surface area contributed by atoms with Crippen LogP contribution in [-0.4, -0.2) is 47.4 Å². The predicted molar refractivity (Wildman–Crippen MR) is 352 cm³/mol. The third kappa shape index (κ3) is 65.0. The van der Waals surface area contributed by atoms with Crippen LogP contribution in [0.1, 0.15) is 386 Å². The number of unbranched alkanes of at least 4 members (excludes halogenated alkanes) is 48. The molecule has 0 fully saturated rings. The molecule has 6 nitrogen and oxygen atoms in total. The number of carbonyl (C=O) groups excluding carboxylic acids is 2. The van der Waals surface area contributed by atoms with E-state index in [1.165, 1.54) is 295 Å². The van der Waals surface area contributed by atoms with Gasteiger partial charge in [-0.2, -0.15) is 0 Å². The second-order valence-corrected chi connectivity index (χ2v) is 24.6. The van der Waals surface area contributed by atoms with E-state index in [2.05, 4.69) is 67.8 Å². The van der Waals surface area contributed by atoms with Gasteiger partial charge in [-0.25, -0.2) is 0 Å². The first-order valence-electron chi connectivity index (χ1n) is 35.9. The van der Waals surface area contributed by atoms with Crippen LogP contribution in [-0.2, 0) is 14.3 Å². The van der Waals surface area contributed by atoms with Crippen LogP contribution in [0, 0.1) is 0 Å². The van der Waals surface area contributed by atoms with Crippen LogP contribution in [0.3, 0.4) is 0 Å². The Hall–Kier alpha value is -2.18. The quantitative estimate of drug-likeness (QED) is 0.0320. The SMILES string of the molecule is CCCCCC/C=C\C/C=C\CCCCCCCC(=O)OCCCCCCCCCCC/C=C\C/C=C\CCCCCCCCCCCC(=O)NC(CO)C(O)CCCCCCCCCCCCCCCCCCCCCCCC. The number of rotatable bonds is 67. The minimum atomic E-state index is -0.671. The summed E-state index contributed by atoms with van der Waals surface area (Å²) in [6, 6.07) is -0.548. The van der Waals surface area contributed by atoms with Gasteiger partial charge in [-0.15, -0.1) is 0 Å². The average Bonchev–Trinajstić information content (AvgIpc) is 3.46. The van der Waals surface area contributed by atoms with E-state index in [-0.39, 0.29) is 18.5 Å². The Bertz CT molecular complexity index is 1340. The minimum absolute atomic E-state index is 0.00413. The van der Waals surface area contributed by atoms with Gasteiger partial charge in [0.1, 0.15) is 0 Å². The summed E-state index contributed by atoms with van der Waals surface area (Å²) in [5.74, 6) is -0.0418. The van der Waals surface area contributed by atoms with Gasteiger partial charge in [0, 0.05) is 12.8 Å². The molecule has 0 aromatic rings. The molecule has 0 saturated carbocycles. The molecule has 0 saturated heterocycles. The number of allylic oxidation sites excluding steroid dienone is 8. The van der Waals surface area contributed by atoms with Crippen molar-refractivity contribution in [1.29, 1.82) is 0 Å². The second-order valence-electron chi connectivity index (χ2n) is 24.6. The Morgan fingerprint density at radius 3 is 0.963 bits per heavy atom. The van der Waals surface area contributed by atoms with Gasteiger partial charge in [0.2, 0.25) is 5.91 Å². The van der Waals surface area contributed by atoms with Crippen molar-refractivity contribution >= 4 is 11.9 Å². The van der Waals surface area contributed by atoms with E-state index in [0.717, 1.165) is 57.8 Å². The second kappa shape index (κ2) is 69.3. The van der Waals surface area contributed by atoms with E-state index in [9.17, 15) is 19.8 Å². The molecule has 1 amide bonds. The summed E-state index contributed by atoms with van der Waals surface area (Å²) in [6.07, 6.45) is 90.1. The van der Waals surface area contributed by atoms with Crippen LogP contribution in [0.5, 0.6) is 0 Å². The molecule has 0 aliphatic heterocycles. The van der Waals surface area contributed by atoms with Crippen LogP contribution in [0.15, 0.2) is 48.6 Å². The highest BCUT2D eigenvalue weighted by Gasteiger charge is 2.20. The smallest absolute Gasteiger partial charge is 0.305 e. The lowest BCUT2D eigenvalue weighted by molar-refractivity contribution is -0.143. The van der Waals surface area contributed by atoms with Gasteiger partial charge >= 0.3 is 5.97 Å². The van der Waals surface area contributed by atoms with E-state index >= 15 is 0 Å². The molecule has 0 aliphatic rings. The lowest BCUT2D eigenvalue weighted by Crippen LogP contribution is -2.45. The highest BCUT2D eigenvalue weighted by Crippen LogP contribution is 2.18. The van der Waals surface area contributed by atoms with Crippen molar-refractivity contribution in [3.05, 3.63) is 48.6 Å². The maximum absolute atomic E-state index is 12.5. The standard InChI is InChI=1S/C74H139NO5/c1-3-5-7-9-11-13-15-17-19-21-22-23-29-32-35-38-42-46-50-54-58-62-66-72(77)71(70-76)75-73(78)67-63-59-55-51-47-43-39-36-33-30-27-25-24-26-28-31-34-37-41-45-49-53-57-61-65-69-80-74(79)68-64-60-56-52-48-44-40-20-18-16-14-12-10-8-6-4-2/h14,16,20,25-28,40,71-72,76-77H,3-13,15,17-19,21-24,29-39,41-70H2,1-2H3,(H,75,78)/b16-14-,27-25-,28-26-,40-20-. The van der Waals surface area contributed by atoms with Gasteiger partial charge in [0.25, 0.3) is 0 Å². The number of hydrogen-bond donors (Lipinski definition) is 3. The van der Waals surface area contributed by atoms with E-state index in [0.29, 0.717) is 25.9 Å². The van der Waals surface area contributed by atoms with Crippen LogP contribution in [0.4, 0.5) is 0 Å². The maximum Gasteiger partial charge on any atom is 0.305 e. The fraction of sp³-hybridized carbons (Fsp3) is 0.865. The van der Waals surface area contributed by atoms with Crippen molar-refractivity contribution in [2.45, 2.75) is 398 Å². The van der Waals surface area contributed by atoms with Crippen molar-refractivity contribution in [2.24, 2.45) is 0 Å². The Labute approximate surface area is 499 Å².